The van der Waals surface area contributed by atoms with Gasteiger partial charge in [0.1, 0.15) is 12.4 Å². The van der Waals surface area contributed by atoms with E-state index in [1.807, 2.05) is 11.3 Å². The van der Waals surface area contributed by atoms with Crippen LogP contribution >= 0.6 is 11.3 Å². The minimum Gasteiger partial charge on any atom is -0.375 e. The van der Waals surface area contributed by atoms with E-state index in [1.54, 1.807) is 7.11 Å². The molecule has 2 aromatic rings. The van der Waals surface area contributed by atoms with Gasteiger partial charge in [0.25, 0.3) is 0 Å². The van der Waals surface area contributed by atoms with Crippen molar-refractivity contribution in [1.82, 2.24) is 29.9 Å². The molecule has 0 aliphatic carbocycles. The summed E-state index contributed by atoms with van der Waals surface area (Å²) in [5, 5.41) is 12.1. The van der Waals surface area contributed by atoms with E-state index in [-0.39, 0.29) is 18.6 Å². The Morgan fingerprint density at radius 3 is 2.41 bits per heavy atom. The molecule has 1 atom stereocenters. The van der Waals surface area contributed by atoms with Crippen LogP contribution in [0.5, 0.6) is 0 Å². The zero-order valence-electron chi connectivity index (χ0n) is 21.0. The van der Waals surface area contributed by atoms with Crippen LogP contribution in [0.25, 0.3) is 0 Å². The van der Waals surface area contributed by atoms with E-state index in [9.17, 15) is 4.79 Å². The predicted octanol–water partition coefficient (Wildman–Crippen LogP) is 3.23. The van der Waals surface area contributed by atoms with E-state index in [0.29, 0.717) is 5.92 Å². The fraction of sp³-hybridized carbons (Fsp3) is 0.720. The molecule has 34 heavy (non-hydrogen) atoms. The van der Waals surface area contributed by atoms with Crippen LogP contribution in [0.15, 0.2) is 12.1 Å². The average molecular weight is 489 g/mol. The molecular weight excluding hydrogens is 448 g/mol. The first-order valence-electron chi connectivity index (χ1n) is 12.7. The third-order valence-corrected chi connectivity index (χ3v) is 7.76. The first kappa shape index (κ1) is 25.3. The quantitative estimate of drug-likeness (QED) is 0.553. The van der Waals surface area contributed by atoms with Crippen molar-refractivity contribution >= 4 is 17.2 Å². The van der Waals surface area contributed by atoms with Crippen LogP contribution in [0, 0.1) is 5.92 Å². The largest absolute Gasteiger partial charge is 0.375 e. The first-order chi connectivity index (χ1) is 16.5. The van der Waals surface area contributed by atoms with Crippen LogP contribution < -0.4 is 5.32 Å². The molecule has 9 heteroatoms. The molecule has 1 saturated heterocycles. The van der Waals surface area contributed by atoms with Gasteiger partial charge in [-0.25, -0.2) is 0 Å². The van der Waals surface area contributed by atoms with Crippen molar-refractivity contribution in [2.75, 3.05) is 39.9 Å². The van der Waals surface area contributed by atoms with E-state index >= 15 is 0 Å². The number of ether oxygens (including phenoxy) is 1. The third-order valence-electron chi connectivity index (χ3n) is 6.70. The highest BCUT2D eigenvalue weighted by Gasteiger charge is 2.26. The fourth-order valence-electron chi connectivity index (χ4n) is 5.02. The van der Waals surface area contributed by atoms with Crippen molar-refractivity contribution in [1.29, 1.82) is 0 Å². The molecular formula is C25H40N6O2S. The number of hydrogen-bond donors (Lipinski definition) is 1. The van der Waals surface area contributed by atoms with Gasteiger partial charge in [-0.2, -0.15) is 0 Å². The smallest absolute Gasteiger partial charge is 0.246 e. The maximum Gasteiger partial charge on any atom is 0.246 e. The number of nitrogens with zero attached hydrogens (tertiary/aromatic N) is 5. The number of carbonyl (C=O) groups is 1. The van der Waals surface area contributed by atoms with Gasteiger partial charge < -0.3 is 14.6 Å². The molecule has 2 aliphatic heterocycles. The van der Waals surface area contributed by atoms with E-state index in [0.717, 1.165) is 57.2 Å². The second-order valence-corrected chi connectivity index (χ2v) is 11.3. The highest BCUT2D eigenvalue weighted by atomic mass is 32.1. The van der Waals surface area contributed by atoms with Gasteiger partial charge in [0.05, 0.1) is 6.04 Å². The van der Waals surface area contributed by atoms with Crippen LogP contribution in [-0.2, 0) is 35.6 Å². The number of methoxy groups -OCH3 is 1. The number of thiophene rings is 1. The monoisotopic (exact) mass is 488 g/mol. The molecule has 0 aromatic carbocycles. The summed E-state index contributed by atoms with van der Waals surface area (Å²) in [5.74, 6) is 2.21. The molecule has 188 valence electrons. The predicted molar refractivity (Wildman–Crippen MR) is 135 cm³/mol. The molecule has 2 aromatic heterocycles. The number of piperidine rings is 1. The zero-order chi connectivity index (χ0) is 23.9. The van der Waals surface area contributed by atoms with Gasteiger partial charge in [-0.1, -0.05) is 20.3 Å². The number of hydrogen-bond acceptors (Lipinski definition) is 7. The van der Waals surface area contributed by atoms with Crippen LogP contribution in [-0.4, -0.2) is 70.4 Å². The molecule has 4 rings (SSSR count). The maximum absolute atomic E-state index is 12.2. The minimum atomic E-state index is -0.148. The minimum absolute atomic E-state index is 0.0595. The average Bonchev–Trinajstić information content (AvgIpc) is 3.37. The van der Waals surface area contributed by atoms with Crippen molar-refractivity contribution in [3.63, 3.8) is 0 Å². The van der Waals surface area contributed by atoms with Gasteiger partial charge in [-0.3, -0.25) is 14.6 Å². The SMILES string of the molecule is COCC(=O)N[C@H](CC(C)C)c1nnc2n1CCN(Cc1ccc(CN3CCCCC3)s1)CC2. The maximum atomic E-state index is 12.2. The van der Waals surface area contributed by atoms with E-state index in [4.69, 9.17) is 4.74 Å². The topological polar surface area (TPSA) is 75.5 Å². The van der Waals surface area contributed by atoms with Crippen molar-refractivity contribution < 1.29 is 9.53 Å². The fourth-order valence-corrected chi connectivity index (χ4v) is 6.13. The van der Waals surface area contributed by atoms with Crippen LogP contribution in [0.2, 0.25) is 0 Å². The second-order valence-electron chi connectivity index (χ2n) is 10.0. The summed E-state index contributed by atoms with van der Waals surface area (Å²) in [4.78, 5) is 20.3. The second kappa shape index (κ2) is 12.2. The summed E-state index contributed by atoms with van der Waals surface area (Å²) in [6.07, 6.45) is 5.76. The van der Waals surface area contributed by atoms with Crippen LogP contribution in [0.3, 0.4) is 0 Å². The number of rotatable bonds is 10. The summed E-state index contributed by atoms with van der Waals surface area (Å²) in [7, 11) is 1.54. The molecule has 1 N–H and O–H groups in total. The standard InChI is InChI=1S/C25H40N6O2S/c1-19(2)15-22(26-24(32)18-33-3)25-28-27-23-9-12-30(13-14-31(23)25)17-21-8-7-20(34-21)16-29-10-5-4-6-11-29/h7-8,19,22H,4-6,9-18H2,1-3H3,(H,26,32)/t22-/m1/s1. The number of aromatic nitrogens is 3. The Hall–Kier alpha value is -1.81. The molecule has 8 nitrogen and oxygen atoms in total. The molecule has 1 amide bonds. The first-order valence-corrected chi connectivity index (χ1v) is 13.6. The third kappa shape index (κ3) is 6.87. The summed E-state index contributed by atoms with van der Waals surface area (Å²) in [6, 6.07) is 4.48. The van der Waals surface area contributed by atoms with Gasteiger partial charge >= 0.3 is 0 Å². The van der Waals surface area contributed by atoms with Gasteiger partial charge in [0.15, 0.2) is 5.82 Å². The Bertz CT molecular complexity index is 920. The van der Waals surface area contributed by atoms with Gasteiger partial charge in [0, 0.05) is 56.0 Å². The van der Waals surface area contributed by atoms with Crippen LogP contribution in [0.4, 0.5) is 0 Å². The van der Waals surface area contributed by atoms with E-state index in [1.165, 1.54) is 42.1 Å². The van der Waals surface area contributed by atoms with Crippen molar-refractivity contribution in [2.24, 2.45) is 5.92 Å². The van der Waals surface area contributed by atoms with E-state index < -0.39 is 0 Å². The molecule has 0 unspecified atom stereocenters. The highest BCUT2D eigenvalue weighted by molar-refractivity contribution is 7.11. The lowest BCUT2D eigenvalue weighted by molar-refractivity contribution is -0.125. The Labute approximate surface area is 207 Å². The van der Waals surface area contributed by atoms with Gasteiger partial charge in [0.2, 0.25) is 5.91 Å². The number of amides is 1. The Balaban J connectivity index is 1.36. The number of nitrogens with one attached hydrogen (secondary N) is 1. The number of fused-ring (bicyclic) bond motifs is 1. The molecule has 4 heterocycles. The summed E-state index contributed by atoms with van der Waals surface area (Å²) >= 11 is 1.96. The summed E-state index contributed by atoms with van der Waals surface area (Å²) in [5.41, 5.74) is 0. The molecule has 0 radical (unpaired) electrons. The highest BCUT2D eigenvalue weighted by Crippen LogP contribution is 2.25. The van der Waals surface area contributed by atoms with Gasteiger partial charge in [-0.15, -0.1) is 21.5 Å². The summed E-state index contributed by atoms with van der Waals surface area (Å²) < 4.78 is 7.24. The van der Waals surface area contributed by atoms with E-state index in [2.05, 4.69) is 55.9 Å². The lowest BCUT2D eigenvalue weighted by Crippen LogP contribution is -2.34. The molecule has 0 bridgehead atoms. The molecule has 0 saturated carbocycles. The Morgan fingerprint density at radius 1 is 1.03 bits per heavy atom. The number of likely N-dealkylation sites (tertiary alicyclic amines) is 1. The Morgan fingerprint density at radius 2 is 1.74 bits per heavy atom. The van der Waals surface area contributed by atoms with Gasteiger partial charge in [-0.05, 0) is 50.4 Å². The molecule has 0 spiro atoms. The van der Waals surface area contributed by atoms with Crippen molar-refractivity contribution in [3.05, 3.63) is 33.5 Å². The van der Waals surface area contributed by atoms with Crippen molar-refractivity contribution in [3.8, 4) is 0 Å². The van der Waals surface area contributed by atoms with Crippen molar-refractivity contribution in [2.45, 2.75) is 71.6 Å². The lowest BCUT2D eigenvalue weighted by Gasteiger charge is -2.25. The summed E-state index contributed by atoms with van der Waals surface area (Å²) in [6.45, 7) is 11.7. The normalized spacial score (nSPS) is 18.6. The Kier molecular flexibility index (Phi) is 9.10. The molecule has 2 aliphatic rings. The number of carbonyl (C=O) groups excluding carboxylic acids is 1. The lowest BCUT2D eigenvalue weighted by atomic mass is 10.0. The zero-order valence-corrected chi connectivity index (χ0v) is 21.8. The molecule has 1 fully saturated rings. The van der Waals surface area contributed by atoms with Crippen LogP contribution in [0.1, 0.15) is 67.0 Å².